The molecule has 1 aromatic carbocycles. The molecule has 1 unspecified atom stereocenters. The van der Waals surface area contributed by atoms with Crippen LogP contribution in [-0.2, 0) is 11.3 Å². The van der Waals surface area contributed by atoms with Gasteiger partial charge in [0.25, 0.3) is 0 Å². The van der Waals surface area contributed by atoms with E-state index in [0.29, 0.717) is 24.9 Å². The third-order valence-electron chi connectivity index (χ3n) is 4.94. The molecule has 0 bridgehead atoms. The Bertz CT molecular complexity index is 644. The van der Waals surface area contributed by atoms with Crippen LogP contribution < -0.4 is 11.1 Å². The molecule has 4 nitrogen and oxygen atoms in total. The van der Waals surface area contributed by atoms with Crippen LogP contribution in [0.15, 0.2) is 47.8 Å². The molecule has 2 heterocycles. The maximum Gasteiger partial charge on any atom is 0.237 e. The third kappa shape index (κ3) is 3.86. The number of hydrogen-bond acceptors (Lipinski definition) is 4. The fourth-order valence-corrected chi connectivity index (χ4v) is 4.08. The quantitative estimate of drug-likeness (QED) is 0.847. The number of likely N-dealkylation sites (tertiary alicyclic amines) is 1. The van der Waals surface area contributed by atoms with E-state index in [0.717, 1.165) is 13.1 Å². The summed E-state index contributed by atoms with van der Waals surface area (Å²) in [6.45, 7) is 5.02. The number of nitrogens with zero attached hydrogens (tertiary/aromatic N) is 1. The summed E-state index contributed by atoms with van der Waals surface area (Å²) in [6.07, 6.45) is 0. The number of nitrogens with two attached hydrogens (primary N) is 1. The Morgan fingerprint density at radius 3 is 2.75 bits per heavy atom. The van der Waals surface area contributed by atoms with Crippen molar-refractivity contribution in [1.82, 2.24) is 10.2 Å². The van der Waals surface area contributed by atoms with Crippen LogP contribution in [0.3, 0.4) is 0 Å². The van der Waals surface area contributed by atoms with Gasteiger partial charge in [0.05, 0.1) is 12.6 Å². The maximum absolute atomic E-state index is 12.5. The number of nitrogens with one attached hydrogen (secondary N) is 1. The normalized spacial score (nSPS) is 22.4. The van der Waals surface area contributed by atoms with Crippen LogP contribution in [0, 0.1) is 5.92 Å². The van der Waals surface area contributed by atoms with Crippen molar-refractivity contribution in [3.05, 3.63) is 58.3 Å². The van der Waals surface area contributed by atoms with E-state index in [1.165, 1.54) is 10.4 Å². The molecule has 5 heteroatoms. The smallest absolute Gasteiger partial charge is 0.237 e. The number of hydrogen-bond donors (Lipinski definition) is 2. The SMILES string of the molecule is CC(C(=O)NCc1cccs1)N1C[C@@H](CN)[C@H](c2ccccc2)C1. The molecule has 0 radical (unpaired) electrons. The highest BCUT2D eigenvalue weighted by Crippen LogP contribution is 2.33. The van der Waals surface area contributed by atoms with Crippen LogP contribution in [0.4, 0.5) is 0 Å². The molecule has 1 aliphatic rings. The van der Waals surface area contributed by atoms with Gasteiger partial charge in [-0.15, -0.1) is 11.3 Å². The van der Waals surface area contributed by atoms with Gasteiger partial charge in [-0.3, -0.25) is 9.69 Å². The second-order valence-corrected chi connectivity index (χ2v) is 7.47. The van der Waals surface area contributed by atoms with Gasteiger partial charge in [-0.2, -0.15) is 0 Å². The van der Waals surface area contributed by atoms with Crippen molar-refractivity contribution in [2.75, 3.05) is 19.6 Å². The number of rotatable bonds is 6. The van der Waals surface area contributed by atoms with E-state index in [1.807, 2.05) is 30.5 Å². The van der Waals surface area contributed by atoms with E-state index in [-0.39, 0.29) is 11.9 Å². The molecule has 24 heavy (non-hydrogen) atoms. The average molecular weight is 343 g/mol. The second-order valence-electron chi connectivity index (χ2n) is 6.44. The van der Waals surface area contributed by atoms with Gasteiger partial charge in [0.15, 0.2) is 0 Å². The van der Waals surface area contributed by atoms with Crippen LogP contribution in [0.2, 0.25) is 0 Å². The first-order valence-corrected chi connectivity index (χ1v) is 9.36. The topological polar surface area (TPSA) is 58.4 Å². The molecule has 1 amide bonds. The molecule has 1 aliphatic heterocycles. The van der Waals surface area contributed by atoms with E-state index < -0.39 is 0 Å². The number of carbonyl (C=O) groups is 1. The van der Waals surface area contributed by atoms with Crippen molar-refractivity contribution in [3.8, 4) is 0 Å². The minimum Gasteiger partial charge on any atom is -0.350 e. The fraction of sp³-hybridized carbons (Fsp3) is 0.421. The monoisotopic (exact) mass is 343 g/mol. The van der Waals surface area contributed by atoms with Gasteiger partial charge in [0.1, 0.15) is 0 Å². The Hall–Kier alpha value is -1.69. The molecule has 128 valence electrons. The first-order valence-electron chi connectivity index (χ1n) is 8.48. The number of amides is 1. The lowest BCUT2D eigenvalue weighted by Gasteiger charge is -2.23. The van der Waals surface area contributed by atoms with Crippen molar-refractivity contribution >= 4 is 17.2 Å². The first-order chi connectivity index (χ1) is 11.7. The molecule has 2 aromatic rings. The third-order valence-corrected chi connectivity index (χ3v) is 5.82. The number of carbonyl (C=O) groups excluding carboxylic acids is 1. The highest BCUT2D eigenvalue weighted by molar-refractivity contribution is 7.09. The van der Waals surface area contributed by atoms with E-state index in [2.05, 4.69) is 34.5 Å². The maximum atomic E-state index is 12.5. The Kier molecular flexibility index (Phi) is 5.66. The van der Waals surface area contributed by atoms with Crippen molar-refractivity contribution in [2.45, 2.75) is 25.4 Å². The molecule has 0 aliphatic carbocycles. The number of benzene rings is 1. The average Bonchev–Trinajstić information content (AvgIpc) is 3.29. The summed E-state index contributed by atoms with van der Waals surface area (Å²) in [5, 5.41) is 5.08. The van der Waals surface area contributed by atoms with Crippen LogP contribution >= 0.6 is 11.3 Å². The fourth-order valence-electron chi connectivity index (χ4n) is 3.44. The molecule has 3 N–H and O–H groups in total. The largest absolute Gasteiger partial charge is 0.350 e. The lowest BCUT2D eigenvalue weighted by molar-refractivity contribution is -0.125. The Morgan fingerprint density at radius 1 is 1.29 bits per heavy atom. The summed E-state index contributed by atoms with van der Waals surface area (Å²) in [5.74, 6) is 0.900. The zero-order valence-corrected chi connectivity index (χ0v) is 14.8. The van der Waals surface area contributed by atoms with Crippen molar-refractivity contribution in [3.63, 3.8) is 0 Å². The van der Waals surface area contributed by atoms with E-state index in [1.54, 1.807) is 11.3 Å². The van der Waals surface area contributed by atoms with E-state index in [4.69, 9.17) is 5.73 Å². The summed E-state index contributed by atoms with van der Waals surface area (Å²) in [4.78, 5) is 15.9. The molecular formula is C19H25N3OS. The van der Waals surface area contributed by atoms with Gasteiger partial charge < -0.3 is 11.1 Å². The molecule has 1 fully saturated rings. The highest BCUT2D eigenvalue weighted by Gasteiger charge is 2.36. The Balaban J connectivity index is 1.61. The van der Waals surface area contributed by atoms with Gasteiger partial charge in [-0.25, -0.2) is 0 Å². The van der Waals surface area contributed by atoms with Crippen molar-refractivity contribution in [2.24, 2.45) is 11.7 Å². The van der Waals surface area contributed by atoms with Crippen LogP contribution in [0.5, 0.6) is 0 Å². The zero-order valence-electron chi connectivity index (χ0n) is 14.0. The van der Waals surface area contributed by atoms with Gasteiger partial charge in [-0.05, 0) is 36.4 Å². The number of thiophene rings is 1. The van der Waals surface area contributed by atoms with Gasteiger partial charge >= 0.3 is 0 Å². The summed E-state index contributed by atoms with van der Waals surface area (Å²) in [5.41, 5.74) is 7.32. The van der Waals surface area contributed by atoms with Crippen molar-refractivity contribution in [1.29, 1.82) is 0 Å². The Labute approximate surface area is 147 Å². The lowest BCUT2D eigenvalue weighted by Crippen LogP contribution is -2.44. The predicted octanol–water partition coefficient (Wildman–Crippen LogP) is 2.43. The standard InChI is InChI=1S/C19H25N3OS/c1-14(19(23)21-11-17-8-5-9-24-17)22-12-16(10-20)18(13-22)15-6-3-2-4-7-15/h2-9,14,16,18H,10-13,20H2,1H3,(H,21,23)/t14?,16-,18+/m1/s1. The predicted molar refractivity (Wildman–Crippen MR) is 98.9 cm³/mol. The molecule has 0 spiro atoms. The van der Waals surface area contributed by atoms with E-state index >= 15 is 0 Å². The van der Waals surface area contributed by atoms with Crippen molar-refractivity contribution < 1.29 is 4.79 Å². The molecule has 0 saturated carbocycles. The zero-order chi connectivity index (χ0) is 16.9. The van der Waals surface area contributed by atoms with Gasteiger partial charge in [-0.1, -0.05) is 36.4 Å². The minimum absolute atomic E-state index is 0.0906. The molecular weight excluding hydrogens is 318 g/mol. The highest BCUT2D eigenvalue weighted by atomic mass is 32.1. The molecule has 3 atom stereocenters. The molecule has 1 saturated heterocycles. The Morgan fingerprint density at radius 2 is 2.08 bits per heavy atom. The van der Waals surface area contributed by atoms with Crippen LogP contribution in [-0.4, -0.2) is 36.5 Å². The molecule has 3 rings (SSSR count). The van der Waals surface area contributed by atoms with Crippen LogP contribution in [0.25, 0.3) is 0 Å². The second kappa shape index (κ2) is 7.92. The lowest BCUT2D eigenvalue weighted by atomic mass is 9.89. The first kappa shape index (κ1) is 17.1. The van der Waals surface area contributed by atoms with Gasteiger partial charge in [0.2, 0.25) is 5.91 Å². The summed E-state index contributed by atoms with van der Waals surface area (Å²) >= 11 is 1.67. The minimum atomic E-state index is -0.132. The summed E-state index contributed by atoms with van der Waals surface area (Å²) in [7, 11) is 0. The van der Waals surface area contributed by atoms with Gasteiger partial charge in [0, 0.05) is 23.9 Å². The summed E-state index contributed by atoms with van der Waals surface area (Å²) < 4.78 is 0. The van der Waals surface area contributed by atoms with Crippen LogP contribution in [0.1, 0.15) is 23.3 Å². The molecule has 1 aromatic heterocycles. The van der Waals surface area contributed by atoms with E-state index in [9.17, 15) is 4.79 Å². The summed E-state index contributed by atoms with van der Waals surface area (Å²) in [6, 6.07) is 14.4.